The lowest BCUT2D eigenvalue weighted by Crippen LogP contribution is -2.09. The van der Waals surface area contributed by atoms with E-state index in [1.54, 1.807) is 48.5 Å². The Balaban J connectivity index is 1.35. The molecule has 198 valence electrons. The number of carbonyl (C=O) groups is 2. The number of ether oxygens (including phenoxy) is 4. The average Bonchev–Trinajstić information content (AvgIpc) is 2.87. The molecule has 0 unspecified atom stereocenters. The Labute approximate surface area is 213 Å². The summed E-state index contributed by atoms with van der Waals surface area (Å²) < 4.78 is 21.6. The van der Waals surface area contributed by atoms with Gasteiger partial charge in [0.25, 0.3) is 0 Å². The number of aliphatic carboxylic acids is 2. The molecule has 0 amide bonds. The first-order chi connectivity index (χ1) is 17.5. The largest absolute Gasteiger partial charge is 0.494 e. The Kier molecular flexibility index (Phi) is 14.4. The van der Waals surface area contributed by atoms with Gasteiger partial charge in [-0.1, -0.05) is 51.4 Å². The SMILES string of the molecule is O=C(O)COc1ccc(OCCCCCCCCCCCCOc2ccc(OCC(=O)O)cc2)cc1. The predicted molar refractivity (Wildman–Crippen MR) is 136 cm³/mol. The molecule has 36 heavy (non-hydrogen) atoms. The molecule has 0 atom stereocenters. The van der Waals surface area contributed by atoms with Crippen LogP contribution >= 0.6 is 0 Å². The number of carboxylic acids is 2. The second kappa shape index (κ2) is 17.9. The third-order valence-electron chi connectivity index (χ3n) is 5.45. The van der Waals surface area contributed by atoms with E-state index in [1.807, 2.05) is 0 Å². The van der Waals surface area contributed by atoms with Gasteiger partial charge in [0.15, 0.2) is 13.2 Å². The van der Waals surface area contributed by atoms with Crippen LogP contribution in [-0.4, -0.2) is 48.6 Å². The van der Waals surface area contributed by atoms with Gasteiger partial charge < -0.3 is 29.2 Å². The minimum atomic E-state index is -0.995. The fraction of sp³-hybridized carbons (Fsp3) is 0.500. The van der Waals surface area contributed by atoms with Gasteiger partial charge in [0, 0.05) is 0 Å². The molecule has 2 aromatic carbocycles. The van der Waals surface area contributed by atoms with Crippen molar-refractivity contribution in [2.24, 2.45) is 0 Å². The van der Waals surface area contributed by atoms with Gasteiger partial charge in [0.2, 0.25) is 0 Å². The molecule has 0 saturated carbocycles. The molecular weight excluding hydrogens is 464 g/mol. The molecule has 0 spiro atoms. The lowest BCUT2D eigenvalue weighted by Gasteiger charge is -2.08. The molecule has 2 rings (SSSR count). The van der Waals surface area contributed by atoms with Crippen LogP contribution < -0.4 is 18.9 Å². The van der Waals surface area contributed by atoms with Crippen molar-refractivity contribution in [3.05, 3.63) is 48.5 Å². The smallest absolute Gasteiger partial charge is 0.341 e. The summed E-state index contributed by atoms with van der Waals surface area (Å²) >= 11 is 0. The third-order valence-corrected chi connectivity index (χ3v) is 5.45. The van der Waals surface area contributed by atoms with Crippen molar-refractivity contribution in [3.8, 4) is 23.0 Å². The molecule has 0 saturated heterocycles. The van der Waals surface area contributed by atoms with E-state index in [-0.39, 0.29) is 13.2 Å². The van der Waals surface area contributed by atoms with Crippen molar-refractivity contribution in [1.29, 1.82) is 0 Å². The van der Waals surface area contributed by atoms with Crippen LogP contribution in [0.2, 0.25) is 0 Å². The van der Waals surface area contributed by atoms with Gasteiger partial charge in [-0.25, -0.2) is 9.59 Å². The number of carboxylic acid groups (broad SMARTS) is 2. The topological polar surface area (TPSA) is 112 Å². The van der Waals surface area contributed by atoms with Gasteiger partial charge in [0.05, 0.1) is 13.2 Å². The Bertz CT molecular complexity index is 791. The van der Waals surface area contributed by atoms with Gasteiger partial charge in [-0.05, 0) is 61.4 Å². The van der Waals surface area contributed by atoms with E-state index < -0.39 is 11.9 Å². The lowest BCUT2D eigenvalue weighted by molar-refractivity contribution is -0.140. The van der Waals surface area contributed by atoms with Crippen LogP contribution in [0.5, 0.6) is 23.0 Å². The van der Waals surface area contributed by atoms with Crippen LogP contribution in [0.4, 0.5) is 0 Å². The van der Waals surface area contributed by atoms with Crippen molar-refractivity contribution in [1.82, 2.24) is 0 Å². The molecule has 8 heteroatoms. The Morgan fingerprint density at radius 3 is 0.972 bits per heavy atom. The maximum Gasteiger partial charge on any atom is 0.341 e. The van der Waals surface area contributed by atoms with Crippen LogP contribution in [0.1, 0.15) is 64.2 Å². The highest BCUT2D eigenvalue weighted by atomic mass is 16.5. The Hall–Kier alpha value is -3.42. The van der Waals surface area contributed by atoms with E-state index in [1.165, 1.54) is 38.5 Å². The molecule has 0 radical (unpaired) electrons. The normalized spacial score (nSPS) is 10.6. The van der Waals surface area contributed by atoms with Crippen molar-refractivity contribution in [3.63, 3.8) is 0 Å². The van der Waals surface area contributed by atoms with Crippen LogP contribution in [0.15, 0.2) is 48.5 Å². The summed E-state index contributed by atoms with van der Waals surface area (Å²) in [6.45, 7) is 0.671. The molecule has 0 fully saturated rings. The van der Waals surface area contributed by atoms with E-state index in [0.717, 1.165) is 37.2 Å². The highest BCUT2D eigenvalue weighted by Crippen LogP contribution is 2.19. The predicted octanol–water partition coefficient (Wildman–Crippen LogP) is 5.97. The fourth-order valence-corrected chi connectivity index (χ4v) is 3.55. The third kappa shape index (κ3) is 14.1. The first kappa shape index (κ1) is 28.8. The van der Waals surface area contributed by atoms with Crippen molar-refractivity contribution >= 4 is 11.9 Å². The lowest BCUT2D eigenvalue weighted by atomic mass is 10.1. The summed E-state index contributed by atoms with van der Waals surface area (Å²) in [4.78, 5) is 21.0. The standard InChI is InChI=1S/C28H38O8/c29-27(30)21-35-25-15-11-23(12-16-25)33-19-9-7-5-3-1-2-4-6-8-10-20-34-24-13-17-26(18-14-24)36-22-28(31)32/h11-18H,1-10,19-22H2,(H,29,30)(H,31,32). The fourth-order valence-electron chi connectivity index (χ4n) is 3.55. The average molecular weight is 503 g/mol. The summed E-state index contributed by atoms with van der Waals surface area (Å²) in [6, 6.07) is 14.0. The van der Waals surface area contributed by atoms with E-state index >= 15 is 0 Å². The maximum absolute atomic E-state index is 10.5. The minimum Gasteiger partial charge on any atom is -0.494 e. The molecule has 0 aromatic heterocycles. The van der Waals surface area contributed by atoms with E-state index in [0.29, 0.717) is 24.7 Å². The summed E-state index contributed by atoms with van der Waals surface area (Å²) in [5.41, 5.74) is 0. The monoisotopic (exact) mass is 502 g/mol. The number of hydrogen-bond acceptors (Lipinski definition) is 6. The molecule has 0 aliphatic rings. The first-order valence-corrected chi connectivity index (χ1v) is 12.7. The Morgan fingerprint density at radius 2 is 0.694 bits per heavy atom. The summed E-state index contributed by atoms with van der Waals surface area (Å²) in [7, 11) is 0. The molecule has 2 aromatic rings. The number of hydrogen-bond donors (Lipinski definition) is 2. The molecule has 8 nitrogen and oxygen atoms in total. The maximum atomic E-state index is 10.5. The van der Waals surface area contributed by atoms with Gasteiger partial charge in [-0.15, -0.1) is 0 Å². The highest BCUT2D eigenvalue weighted by molar-refractivity contribution is 5.68. The van der Waals surface area contributed by atoms with Gasteiger partial charge in [-0.2, -0.15) is 0 Å². The molecule has 0 aliphatic heterocycles. The second-order valence-corrected chi connectivity index (χ2v) is 8.54. The van der Waals surface area contributed by atoms with Crippen molar-refractivity contribution in [2.45, 2.75) is 64.2 Å². The van der Waals surface area contributed by atoms with Crippen LogP contribution in [0.3, 0.4) is 0 Å². The number of unbranched alkanes of at least 4 members (excludes halogenated alkanes) is 9. The van der Waals surface area contributed by atoms with Crippen molar-refractivity contribution < 1.29 is 38.7 Å². The molecule has 0 bridgehead atoms. The van der Waals surface area contributed by atoms with Gasteiger partial charge in [0.1, 0.15) is 23.0 Å². The Morgan fingerprint density at radius 1 is 0.444 bits per heavy atom. The summed E-state index contributed by atoms with van der Waals surface area (Å²) in [5.74, 6) is 0.585. The summed E-state index contributed by atoms with van der Waals surface area (Å²) in [5, 5.41) is 17.2. The zero-order valence-corrected chi connectivity index (χ0v) is 20.9. The van der Waals surface area contributed by atoms with E-state index in [2.05, 4.69) is 0 Å². The van der Waals surface area contributed by atoms with E-state index in [9.17, 15) is 9.59 Å². The van der Waals surface area contributed by atoms with Gasteiger partial charge in [-0.3, -0.25) is 0 Å². The summed E-state index contributed by atoms with van der Waals surface area (Å²) in [6.07, 6.45) is 11.9. The zero-order chi connectivity index (χ0) is 25.8. The molecule has 0 aliphatic carbocycles. The van der Waals surface area contributed by atoms with Crippen LogP contribution in [0.25, 0.3) is 0 Å². The minimum absolute atomic E-state index is 0.345. The van der Waals surface area contributed by atoms with E-state index in [4.69, 9.17) is 29.2 Å². The number of benzene rings is 2. The quantitative estimate of drug-likeness (QED) is 0.201. The first-order valence-electron chi connectivity index (χ1n) is 12.7. The number of rotatable bonds is 21. The molecule has 0 heterocycles. The van der Waals surface area contributed by atoms with Gasteiger partial charge >= 0.3 is 11.9 Å². The zero-order valence-electron chi connectivity index (χ0n) is 20.9. The second-order valence-electron chi connectivity index (χ2n) is 8.54. The van der Waals surface area contributed by atoms with Crippen LogP contribution in [-0.2, 0) is 9.59 Å². The van der Waals surface area contributed by atoms with Crippen molar-refractivity contribution in [2.75, 3.05) is 26.4 Å². The molecule has 2 N–H and O–H groups in total. The highest BCUT2D eigenvalue weighted by Gasteiger charge is 2.02. The molecular formula is C28H38O8. The van der Waals surface area contributed by atoms with Crippen LogP contribution in [0, 0.1) is 0 Å².